The zero-order chi connectivity index (χ0) is 26.7. The van der Waals surface area contributed by atoms with Gasteiger partial charge in [0, 0.05) is 40.2 Å². The summed E-state index contributed by atoms with van der Waals surface area (Å²) in [6.07, 6.45) is 0. The first-order chi connectivity index (χ1) is 17.7. The van der Waals surface area contributed by atoms with Crippen LogP contribution in [0.15, 0.2) is 76.5 Å². The van der Waals surface area contributed by atoms with Gasteiger partial charge in [-0.25, -0.2) is 14.6 Å². The average molecular weight is 521 g/mol. The molecule has 3 aromatic rings. The molecule has 0 saturated carbocycles. The van der Waals surface area contributed by atoms with Crippen LogP contribution in [-0.4, -0.2) is 36.1 Å². The van der Waals surface area contributed by atoms with E-state index in [2.05, 4.69) is 15.6 Å². The van der Waals surface area contributed by atoms with Gasteiger partial charge < -0.3 is 20.1 Å². The fraction of sp³-hybridized carbons (Fsp3) is 0.192. The van der Waals surface area contributed by atoms with E-state index in [9.17, 15) is 19.7 Å². The molecule has 1 aliphatic heterocycles. The average Bonchev–Trinajstić information content (AvgIpc) is 3.36. The van der Waals surface area contributed by atoms with Crippen LogP contribution in [0.2, 0.25) is 0 Å². The summed E-state index contributed by atoms with van der Waals surface area (Å²) in [7, 11) is 2.59. The summed E-state index contributed by atoms with van der Waals surface area (Å²) in [5.74, 6) is -1.79. The summed E-state index contributed by atoms with van der Waals surface area (Å²) in [6.45, 7) is 3.52. The fourth-order valence-electron chi connectivity index (χ4n) is 4.23. The number of allylic oxidation sites excluding steroid dienone is 2. The first kappa shape index (κ1) is 25.6. The molecule has 0 fully saturated rings. The maximum Gasteiger partial charge on any atom is 0.336 e. The van der Waals surface area contributed by atoms with Crippen LogP contribution in [-0.2, 0) is 19.1 Å². The Labute approximate surface area is 216 Å². The molecule has 0 bridgehead atoms. The lowest BCUT2D eigenvalue weighted by Gasteiger charge is -2.30. The van der Waals surface area contributed by atoms with E-state index in [0.717, 1.165) is 5.56 Å². The third-order valence-electron chi connectivity index (χ3n) is 5.92. The van der Waals surface area contributed by atoms with Gasteiger partial charge in [-0.15, -0.1) is 11.3 Å². The molecule has 0 amide bonds. The first-order valence-corrected chi connectivity index (χ1v) is 12.0. The summed E-state index contributed by atoms with van der Waals surface area (Å²) in [4.78, 5) is 40.5. The summed E-state index contributed by atoms with van der Waals surface area (Å²) in [6, 6.07) is 13.5. The van der Waals surface area contributed by atoms with Gasteiger partial charge >= 0.3 is 11.9 Å². The topological polar surface area (TPSA) is 133 Å². The van der Waals surface area contributed by atoms with Gasteiger partial charge in [0.25, 0.3) is 5.69 Å². The molecule has 190 valence electrons. The molecule has 1 aliphatic rings. The van der Waals surface area contributed by atoms with Crippen molar-refractivity contribution in [2.75, 3.05) is 19.5 Å². The molecule has 2 aromatic carbocycles. The molecular weight excluding hydrogens is 496 g/mol. The third-order valence-corrected chi connectivity index (χ3v) is 6.68. The van der Waals surface area contributed by atoms with Crippen LogP contribution in [0.1, 0.15) is 25.3 Å². The maximum atomic E-state index is 12.7. The second-order valence-electron chi connectivity index (χ2n) is 8.21. The van der Waals surface area contributed by atoms with Crippen molar-refractivity contribution in [3.8, 4) is 11.3 Å². The zero-order valence-electron chi connectivity index (χ0n) is 20.5. The van der Waals surface area contributed by atoms with Gasteiger partial charge in [0.05, 0.1) is 41.9 Å². The summed E-state index contributed by atoms with van der Waals surface area (Å²) >= 11 is 1.38. The summed E-state index contributed by atoms with van der Waals surface area (Å²) < 4.78 is 10.1. The molecule has 37 heavy (non-hydrogen) atoms. The molecule has 0 unspecified atom stereocenters. The van der Waals surface area contributed by atoms with Crippen molar-refractivity contribution in [2.45, 2.75) is 19.8 Å². The monoisotopic (exact) mass is 520 g/mol. The molecule has 0 saturated heterocycles. The number of carbonyl (C=O) groups is 2. The second-order valence-corrected chi connectivity index (χ2v) is 9.07. The van der Waals surface area contributed by atoms with Crippen LogP contribution in [0.3, 0.4) is 0 Å². The van der Waals surface area contributed by atoms with Gasteiger partial charge in [-0.2, -0.15) is 0 Å². The number of aromatic nitrogens is 1. The van der Waals surface area contributed by atoms with E-state index >= 15 is 0 Å². The Morgan fingerprint density at radius 3 is 2.22 bits per heavy atom. The van der Waals surface area contributed by atoms with Gasteiger partial charge in [-0.1, -0.05) is 12.1 Å². The largest absolute Gasteiger partial charge is 0.466 e. The number of rotatable bonds is 7. The van der Waals surface area contributed by atoms with Gasteiger partial charge in [-0.05, 0) is 43.7 Å². The number of nitrogens with zero attached hydrogens (tertiary/aromatic N) is 2. The van der Waals surface area contributed by atoms with E-state index in [-0.39, 0.29) is 5.69 Å². The number of esters is 2. The summed E-state index contributed by atoms with van der Waals surface area (Å²) in [5, 5.41) is 19.7. The lowest BCUT2D eigenvalue weighted by Crippen LogP contribution is -2.32. The molecule has 11 heteroatoms. The standard InChI is InChI=1S/C26H24N4O6S/c1-14-21(24(31)35-3)23(22(15(2)27-14)25(32)36-4)17-6-5-7-18(12-17)28-26-29-20(13-37-26)16-8-10-19(11-9-16)30(33)34/h5-13,23,27H,1-4H3,(H,28,29). The predicted molar refractivity (Wildman–Crippen MR) is 139 cm³/mol. The summed E-state index contributed by atoms with van der Waals surface area (Å²) in [5.41, 5.74) is 4.66. The number of thiazole rings is 1. The van der Waals surface area contributed by atoms with Crippen molar-refractivity contribution in [2.24, 2.45) is 0 Å². The Bertz CT molecular complexity index is 1400. The minimum absolute atomic E-state index is 0.0123. The van der Waals surface area contributed by atoms with Crippen LogP contribution in [0.5, 0.6) is 0 Å². The first-order valence-electron chi connectivity index (χ1n) is 11.2. The Kier molecular flexibility index (Phi) is 7.35. The molecule has 0 radical (unpaired) electrons. The predicted octanol–water partition coefficient (Wildman–Crippen LogP) is 5.04. The molecule has 0 aliphatic carbocycles. The minimum atomic E-state index is -0.699. The Hall–Kier alpha value is -4.51. The van der Waals surface area contributed by atoms with Gasteiger partial charge in [-0.3, -0.25) is 10.1 Å². The number of nitrogens with one attached hydrogen (secondary N) is 2. The number of benzene rings is 2. The number of methoxy groups -OCH3 is 2. The number of non-ortho nitro benzene ring substituents is 1. The van der Waals surface area contributed by atoms with Crippen molar-refractivity contribution in [3.63, 3.8) is 0 Å². The smallest absolute Gasteiger partial charge is 0.336 e. The van der Waals surface area contributed by atoms with Gasteiger partial charge in [0.2, 0.25) is 0 Å². The number of nitro benzene ring substituents is 1. The zero-order valence-corrected chi connectivity index (χ0v) is 21.3. The van der Waals surface area contributed by atoms with Crippen LogP contribution >= 0.6 is 11.3 Å². The number of nitro groups is 1. The SMILES string of the molecule is COC(=O)C1=C(C)NC(C)=C(C(=O)OC)C1c1cccc(Nc2nc(-c3ccc([N+](=O)[O-])cc3)cs2)c1. The van der Waals surface area contributed by atoms with Crippen LogP contribution < -0.4 is 10.6 Å². The van der Waals surface area contributed by atoms with Gasteiger partial charge in [0.1, 0.15) is 0 Å². The highest BCUT2D eigenvalue weighted by molar-refractivity contribution is 7.14. The number of ether oxygens (including phenoxy) is 2. The molecule has 4 rings (SSSR count). The van der Waals surface area contributed by atoms with Gasteiger partial charge in [0.15, 0.2) is 5.13 Å². The van der Waals surface area contributed by atoms with Crippen LogP contribution in [0.4, 0.5) is 16.5 Å². The van der Waals surface area contributed by atoms with E-state index in [4.69, 9.17) is 9.47 Å². The maximum absolute atomic E-state index is 12.7. The number of anilines is 2. The highest BCUT2D eigenvalue weighted by Gasteiger charge is 2.37. The number of hydrogen-bond acceptors (Lipinski definition) is 10. The molecule has 10 nitrogen and oxygen atoms in total. The lowest BCUT2D eigenvalue weighted by molar-refractivity contribution is -0.384. The van der Waals surface area contributed by atoms with Crippen LogP contribution in [0, 0.1) is 10.1 Å². The Balaban J connectivity index is 1.66. The molecule has 1 aromatic heterocycles. The third kappa shape index (κ3) is 5.21. The molecule has 0 atom stereocenters. The number of hydrogen-bond donors (Lipinski definition) is 2. The van der Waals surface area contributed by atoms with E-state index in [1.807, 2.05) is 29.6 Å². The number of carbonyl (C=O) groups excluding carboxylic acids is 2. The molecular formula is C26H24N4O6S. The second kappa shape index (κ2) is 10.6. The normalized spacial score (nSPS) is 13.7. The number of dihydropyridines is 1. The van der Waals surface area contributed by atoms with Crippen LogP contribution in [0.25, 0.3) is 11.3 Å². The minimum Gasteiger partial charge on any atom is -0.466 e. The Morgan fingerprint density at radius 1 is 1.03 bits per heavy atom. The van der Waals surface area contributed by atoms with E-state index in [1.54, 1.807) is 26.0 Å². The van der Waals surface area contributed by atoms with Crippen molar-refractivity contribution >= 4 is 39.8 Å². The van der Waals surface area contributed by atoms with Crippen molar-refractivity contribution in [1.82, 2.24) is 10.3 Å². The highest BCUT2D eigenvalue weighted by atomic mass is 32.1. The molecule has 2 heterocycles. The van der Waals surface area contributed by atoms with Crippen molar-refractivity contribution < 1.29 is 24.0 Å². The molecule has 0 spiro atoms. The Morgan fingerprint density at radius 2 is 1.65 bits per heavy atom. The lowest BCUT2D eigenvalue weighted by atomic mass is 9.80. The van der Waals surface area contributed by atoms with E-state index in [1.165, 1.54) is 37.7 Å². The fourth-order valence-corrected chi connectivity index (χ4v) is 4.97. The van der Waals surface area contributed by atoms with Crippen molar-refractivity contribution in [3.05, 3.63) is 92.1 Å². The highest BCUT2D eigenvalue weighted by Crippen LogP contribution is 2.40. The van der Waals surface area contributed by atoms with E-state index < -0.39 is 22.8 Å². The van der Waals surface area contributed by atoms with E-state index in [0.29, 0.717) is 44.6 Å². The quantitative estimate of drug-likeness (QED) is 0.250. The van der Waals surface area contributed by atoms with Crippen molar-refractivity contribution in [1.29, 1.82) is 0 Å². The molecule has 2 N–H and O–H groups in total.